The number of benzene rings is 1. The van der Waals surface area contributed by atoms with E-state index in [-0.39, 0.29) is 6.17 Å². The smallest absolute Gasteiger partial charge is 0.142 e. The molecule has 90 valence electrons. The summed E-state index contributed by atoms with van der Waals surface area (Å²) in [6.45, 7) is 0. The van der Waals surface area contributed by atoms with Gasteiger partial charge in [-0.25, -0.2) is 0 Å². The fourth-order valence-electron chi connectivity index (χ4n) is 2.28. The van der Waals surface area contributed by atoms with E-state index in [9.17, 15) is 0 Å². The van der Waals surface area contributed by atoms with E-state index in [1.54, 1.807) is 0 Å². The first-order valence-corrected chi connectivity index (χ1v) is 6.13. The zero-order chi connectivity index (χ0) is 11.8. The molecule has 2 aliphatic rings. The third-order valence-electron chi connectivity index (χ3n) is 3.51. The van der Waals surface area contributed by atoms with E-state index in [0.29, 0.717) is 5.92 Å². The van der Waals surface area contributed by atoms with Crippen molar-refractivity contribution in [2.45, 2.75) is 19.0 Å². The third-order valence-corrected chi connectivity index (χ3v) is 3.51. The van der Waals surface area contributed by atoms with Crippen molar-refractivity contribution >= 4 is 11.5 Å². The quantitative estimate of drug-likeness (QED) is 0.834. The van der Waals surface area contributed by atoms with Crippen LogP contribution < -0.4 is 10.7 Å². The van der Waals surface area contributed by atoms with Crippen molar-refractivity contribution in [2.75, 3.05) is 19.4 Å². The molecule has 3 rings (SSSR count). The van der Waals surface area contributed by atoms with Crippen molar-refractivity contribution in [1.82, 2.24) is 10.3 Å². The minimum atomic E-state index is 0.191. The monoisotopic (exact) mass is 230 g/mol. The Labute approximate surface area is 102 Å². The molecule has 0 saturated heterocycles. The molecule has 4 nitrogen and oxygen atoms in total. The Morgan fingerprint density at radius 3 is 2.59 bits per heavy atom. The van der Waals surface area contributed by atoms with E-state index in [1.165, 1.54) is 24.2 Å². The molecule has 0 bridgehead atoms. The van der Waals surface area contributed by atoms with Gasteiger partial charge in [-0.1, -0.05) is 12.1 Å². The summed E-state index contributed by atoms with van der Waals surface area (Å²) in [6, 6.07) is 8.48. The van der Waals surface area contributed by atoms with E-state index in [0.717, 1.165) is 5.69 Å². The fourth-order valence-corrected chi connectivity index (χ4v) is 2.28. The molecule has 1 aliphatic heterocycles. The van der Waals surface area contributed by atoms with Crippen LogP contribution in [-0.2, 0) is 0 Å². The van der Waals surface area contributed by atoms with Crippen molar-refractivity contribution in [1.29, 1.82) is 0 Å². The number of rotatable bonds is 3. The maximum absolute atomic E-state index is 4.46. The Morgan fingerprint density at radius 1 is 1.29 bits per heavy atom. The number of hydrazone groups is 1. The first-order valence-electron chi connectivity index (χ1n) is 6.13. The Balaban J connectivity index is 1.76. The van der Waals surface area contributed by atoms with Crippen molar-refractivity contribution < 1.29 is 0 Å². The number of hydrogen-bond donors (Lipinski definition) is 2. The van der Waals surface area contributed by atoms with Gasteiger partial charge in [-0.15, -0.1) is 0 Å². The molecule has 1 saturated carbocycles. The number of amidine groups is 1. The molecular weight excluding hydrogens is 212 g/mol. The van der Waals surface area contributed by atoms with Crippen LogP contribution in [0.1, 0.15) is 24.6 Å². The van der Waals surface area contributed by atoms with E-state index >= 15 is 0 Å². The van der Waals surface area contributed by atoms with Crippen molar-refractivity contribution in [3.8, 4) is 0 Å². The summed E-state index contributed by atoms with van der Waals surface area (Å²) in [4.78, 5) is 2.26. The molecule has 0 spiro atoms. The predicted molar refractivity (Wildman–Crippen MR) is 69.8 cm³/mol. The van der Waals surface area contributed by atoms with Crippen LogP contribution in [0.25, 0.3) is 0 Å². The molecule has 0 aromatic heterocycles. The third kappa shape index (κ3) is 1.84. The molecule has 0 radical (unpaired) electrons. The number of nitrogens with one attached hydrogen (secondary N) is 2. The van der Waals surface area contributed by atoms with Crippen LogP contribution in [0.15, 0.2) is 29.4 Å². The van der Waals surface area contributed by atoms with Gasteiger partial charge in [0.05, 0.1) is 0 Å². The second kappa shape index (κ2) is 3.95. The normalized spacial score (nSPS) is 23.3. The summed E-state index contributed by atoms with van der Waals surface area (Å²) in [5, 5.41) is 7.59. The second-order valence-electron chi connectivity index (χ2n) is 4.76. The highest BCUT2D eigenvalue weighted by atomic mass is 15.5. The van der Waals surface area contributed by atoms with Crippen molar-refractivity contribution in [2.24, 2.45) is 11.0 Å². The van der Waals surface area contributed by atoms with Gasteiger partial charge in [0, 0.05) is 25.7 Å². The molecule has 17 heavy (non-hydrogen) atoms. The molecule has 4 heteroatoms. The Bertz CT molecular complexity index is 433. The Kier molecular flexibility index (Phi) is 2.42. The summed E-state index contributed by atoms with van der Waals surface area (Å²) in [7, 11) is 4.05. The minimum absolute atomic E-state index is 0.191. The summed E-state index contributed by atoms with van der Waals surface area (Å²) < 4.78 is 0. The topological polar surface area (TPSA) is 39.7 Å². The zero-order valence-electron chi connectivity index (χ0n) is 10.3. The largest absolute Gasteiger partial charge is 0.388 e. The molecule has 1 fully saturated rings. The molecule has 2 N–H and O–H groups in total. The van der Waals surface area contributed by atoms with Gasteiger partial charge in [0.2, 0.25) is 0 Å². The first kappa shape index (κ1) is 10.4. The summed E-state index contributed by atoms with van der Waals surface area (Å²) in [5.41, 5.74) is 5.62. The molecule has 1 atom stereocenters. The lowest BCUT2D eigenvalue weighted by molar-refractivity contribution is 0.354. The predicted octanol–water partition coefficient (Wildman–Crippen LogP) is 1.99. The minimum Gasteiger partial charge on any atom is -0.388 e. The van der Waals surface area contributed by atoms with Crippen LogP contribution in [0.2, 0.25) is 0 Å². The summed E-state index contributed by atoms with van der Waals surface area (Å²) in [5.74, 6) is 1.90. The molecule has 1 aromatic carbocycles. The molecular formula is C13H18N4. The van der Waals surface area contributed by atoms with Gasteiger partial charge >= 0.3 is 0 Å². The summed E-state index contributed by atoms with van der Waals surface area (Å²) >= 11 is 0. The number of anilines is 1. The average Bonchev–Trinajstić information content (AvgIpc) is 3.13. The Morgan fingerprint density at radius 2 is 2.00 bits per heavy atom. The lowest BCUT2D eigenvalue weighted by atomic mass is 10.1. The average molecular weight is 230 g/mol. The van der Waals surface area contributed by atoms with E-state index in [1.807, 2.05) is 7.05 Å². The van der Waals surface area contributed by atoms with Crippen LogP contribution in [0.5, 0.6) is 0 Å². The molecule has 0 amide bonds. The van der Waals surface area contributed by atoms with Gasteiger partial charge in [-0.2, -0.15) is 5.10 Å². The van der Waals surface area contributed by atoms with Crippen molar-refractivity contribution in [3.63, 3.8) is 0 Å². The van der Waals surface area contributed by atoms with Crippen LogP contribution in [0.3, 0.4) is 0 Å². The van der Waals surface area contributed by atoms with Gasteiger partial charge in [-0.05, 0) is 30.5 Å². The Hall–Kier alpha value is -1.71. The second-order valence-corrected chi connectivity index (χ2v) is 4.76. The first-order chi connectivity index (χ1) is 8.29. The van der Waals surface area contributed by atoms with E-state index in [4.69, 9.17) is 0 Å². The lowest BCUT2D eigenvalue weighted by Gasteiger charge is -2.23. The van der Waals surface area contributed by atoms with Crippen LogP contribution >= 0.6 is 0 Å². The van der Waals surface area contributed by atoms with Crippen LogP contribution in [0.4, 0.5) is 5.69 Å². The fraction of sp³-hybridized carbons (Fsp3) is 0.462. The van der Waals surface area contributed by atoms with Gasteiger partial charge in [-0.3, -0.25) is 5.43 Å². The van der Waals surface area contributed by atoms with E-state index < -0.39 is 0 Å². The molecule has 1 unspecified atom stereocenters. The SMILES string of the molecule is CNc1ccc(C2NN=C(C3CC3)N2C)cc1. The molecule has 1 aliphatic carbocycles. The van der Waals surface area contributed by atoms with Crippen LogP contribution in [-0.4, -0.2) is 24.8 Å². The highest BCUT2D eigenvalue weighted by Gasteiger charge is 2.36. The number of nitrogens with zero attached hydrogens (tertiary/aromatic N) is 2. The standard InChI is InChI=1S/C13H18N4/c1-14-11-7-5-10(6-8-11)13-16-15-12(17(13)2)9-3-4-9/h5-9,13-14,16H,3-4H2,1-2H3. The van der Waals surface area contributed by atoms with Gasteiger partial charge in [0.1, 0.15) is 12.0 Å². The van der Waals surface area contributed by atoms with Gasteiger partial charge < -0.3 is 10.2 Å². The van der Waals surface area contributed by atoms with Crippen LogP contribution in [0, 0.1) is 5.92 Å². The highest BCUT2D eigenvalue weighted by molar-refractivity contribution is 5.87. The maximum atomic E-state index is 4.46. The molecule has 1 aromatic rings. The zero-order valence-corrected chi connectivity index (χ0v) is 10.3. The maximum Gasteiger partial charge on any atom is 0.142 e. The molecule has 1 heterocycles. The van der Waals surface area contributed by atoms with Gasteiger partial charge in [0.25, 0.3) is 0 Å². The van der Waals surface area contributed by atoms with E-state index in [2.05, 4.69) is 52.1 Å². The van der Waals surface area contributed by atoms with Crippen molar-refractivity contribution in [3.05, 3.63) is 29.8 Å². The summed E-state index contributed by atoms with van der Waals surface area (Å²) in [6.07, 6.45) is 2.77. The number of hydrogen-bond acceptors (Lipinski definition) is 4. The van der Waals surface area contributed by atoms with Gasteiger partial charge in [0.15, 0.2) is 0 Å². The highest BCUT2D eigenvalue weighted by Crippen LogP contribution is 2.36. The lowest BCUT2D eigenvalue weighted by Crippen LogP contribution is -2.30.